The number of nitrogens with zero attached hydrogens (tertiary/aromatic N) is 3. The first-order chi connectivity index (χ1) is 5.94. The van der Waals surface area contributed by atoms with Gasteiger partial charge in [-0.05, 0) is 55.1 Å². The summed E-state index contributed by atoms with van der Waals surface area (Å²) < 4.78 is 0. The van der Waals surface area contributed by atoms with Crippen LogP contribution >= 0.6 is 0 Å². The van der Waals surface area contributed by atoms with Crippen molar-refractivity contribution >= 4 is 0 Å². The zero-order valence-electron chi connectivity index (χ0n) is 9.83. The standard InChI is InChI=1S/C10H23N3/c1-11(2)10(12(3)4,13(5)6)9-7-8-9/h9H,7-8H2,1-6H3. The van der Waals surface area contributed by atoms with Crippen LogP contribution in [-0.4, -0.2) is 62.8 Å². The highest BCUT2D eigenvalue weighted by atomic mass is 15.5. The van der Waals surface area contributed by atoms with Crippen molar-refractivity contribution in [2.75, 3.05) is 42.3 Å². The summed E-state index contributed by atoms with van der Waals surface area (Å²) >= 11 is 0. The summed E-state index contributed by atoms with van der Waals surface area (Å²) in [6.07, 6.45) is 2.71. The van der Waals surface area contributed by atoms with E-state index in [0.29, 0.717) is 0 Å². The third-order valence-electron chi connectivity index (χ3n) is 3.10. The SMILES string of the molecule is CN(C)C(C1CC1)(N(C)C)N(C)C. The van der Waals surface area contributed by atoms with Gasteiger partial charge in [0, 0.05) is 5.92 Å². The van der Waals surface area contributed by atoms with Gasteiger partial charge in [-0.3, -0.25) is 14.7 Å². The van der Waals surface area contributed by atoms with Gasteiger partial charge in [0.05, 0.1) is 0 Å². The number of hydrogen-bond acceptors (Lipinski definition) is 3. The molecule has 1 rings (SSSR count). The van der Waals surface area contributed by atoms with E-state index in [9.17, 15) is 0 Å². The first kappa shape index (κ1) is 11.0. The number of rotatable bonds is 4. The molecule has 0 aromatic carbocycles. The molecule has 1 aliphatic rings. The molecule has 0 aromatic heterocycles. The van der Waals surface area contributed by atoms with Gasteiger partial charge in [-0.2, -0.15) is 0 Å². The molecule has 0 amide bonds. The maximum atomic E-state index is 2.32. The van der Waals surface area contributed by atoms with Crippen molar-refractivity contribution in [1.82, 2.24) is 14.7 Å². The van der Waals surface area contributed by atoms with Gasteiger partial charge >= 0.3 is 0 Å². The predicted molar refractivity (Wildman–Crippen MR) is 56.5 cm³/mol. The van der Waals surface area contributed by atoms with Crippen LogP contribution in [0.5, 0.6) is 0 Å². The van der Waals surface area contributed by atoms with Gasteiger partial charge in [0.2, 0.25) is 0 Å². The van der Waals surface area contributed by atoms with E-state index in [-0.39, 0.29) is 5.79 Å². The molecule has 0 aromatic rings. The van der Waals surface area contributed by atoms with E-state index in [2.05, 4.69) is 57.0 Å². The summed E-state index contributed by atoms with van der Waals surface area (Å²) in [7, 11) is 13.0. The van der Waals surface area contributed by atoms with Gasteiger partial charge in [0.15, 0.2) is 0 Å². The topological polar surface area (TPSA) is 9.72 Å². The van der Waals surface area contributed by atoms with Gasteiger partial charge in [0.1, 0.15) is 5.79 Å². The maximum absolute atomic E-state index is 2.32. The highest BCUT2D eigenvalue weighted by molar-refractivity contribution is 4.96. The van der Waals surface area contributed by atoms with Crippen molar-refractivity contribution in [3.05, 3.63) is 0 Å². The quantitative estimate of drug-likeness (QED) is 0.598. The van der Waals surface area contributed by atoms with E-state index < -0.39 is 0 Å². The van der Waals surface area contributed by atoms with Crippen molar-refractivity contribution < 1.29 is 0 Å². The third kappa shape index (κ3) is 1.60. The van der Waals surface area contributed by atoms with Crippen molar-refractivity contribution in [2.24, 2.45) is 5.92 Å². The minimum Gasteiger partial charge on any atom is -0.279 e. The molecule has 0 atom stereocenters. The van der Waals surface area contributed by atoms with Gasteiger partial charge in [-0.25, -0.2) is 0 Å². The molecule has 0 radical (unpaired) electrons. The lowest BCUT2D eigenvalue weighted by Crippen LogP contribution is -2.65. The zero-order chi connectivity index (χ0) is 10.2. The monoisotopic (exact) mass is 185 g/mol. The zero-order valence-corrected chi connectivity index (χ0v) is 9.83. The Balaban J connectivity index is 2.92. The van der Waals surface area contributed by atoms with Crippen LogP contribution in [0.15, 0.2) is 0 Å². The van der Waals surface area contributed by atoms with E-state index in [0.717, 1.165) is 5.92 Å². The van der Waals surface area contributed by atoms with Crippen LogP contribution in [0.25, 0.3) is 0 Å². The molecule has 0 saturated heterocycles. The van der Waals surface area contributed by atoms with Crippen LogP contribution in [0, 0.1) is 5.92 Å². The first-order valence-corrected chi connectivity index (χ1v) is 4.96. The lowest BCUT2D eigenvalue weighted by molar-refractivity contribution is -0.125. The Hall–Kier alpha value is -0.120. The van der Waals surface area contributed by atoms with Crippen LogP contribution in [-0.2, 0) is 0 Å². The fourth-order valence-corrected chi connectivity index (χ4v) is 2.77. The van der Waals surface area contributed by atoms with Gasteiger partial charge < -0.3 is 0 Å². The summed E-state index contributed by atoms with van der Waals surface area (Å²) in [5, 5.41) is 0. The molecule has 0 heterocycles. The van der Waals surface area contributed by atoms with Crippen LogP contribution in [0.2, 0.25) is 0 Å². The van der Waals surface area contributed by atoms with E-state index >= 15 is 0 Å². The molecule has 78 valence electrons. The van der Waals surface area contributed by atoms with Crippen LogP contribution in [0.3, 0.4) is 0 Å². The van der Waals surface area contributed by atoms with Crippen molar-refractivity contribution in [3.8, 4) is 0 Å². The molecule has 1 fully saturated rings. The molecule has 0 unspecified atom stereocenters. The maximum Gasteiger partial charge on any atom is 0.132 e. The fraction of sp³-hybridized carbons (Fsp3) is 1.00. The largest absolute Gasteiger partial charge is 0.279 e. The van der Waals surface area contributed by atoms with Crippen LogP contribution in [0.4, 0.5) is 0 Å². The Bertz CT molecular complexity index is 143. The highest BCUT2D eigenvalue weighted by Crippen LogP contribution is 2.44. The average Bonchev–Trinajstić information content (AvgIpc) is 2.69. The second kappa shape index (κ2) is 3.56. The van der Waals surface area contributed by atoms with Gasteiger partial charge in [0.25, 0.3) is 0 Å². The summed E-state index contributed by atoms with van der Waals surface area (Å²) in [5.41, 5.74) is 0. The Morgan fingerprint density at radius 2 is 1.08 bits per heavy atom. The second-order valence-electron chi connectivity index (χ2n) is 4.64. The average molecular weight is 185 g/mol. The van der Waals surface area contributed by atoms with Crippen LogP contribution in [0.1, 0.15) is 12.8 Å². The molecule has 3 nitrogen and oxygen atoms in total. The second-order valence-corrected chi connectivity index (χ2v) is 4.64. The molecule has 13 heavy (non-hydrogen) atoms. The lowest BCUT2D eigenvalue weighted by atomic mass is 10.1. The van der Waals surface area contributed by atoms with Crippen molar-refractivity contribution in [1.29, 1.82) is 0 Å². The molecule has 0 N–H and O–H groups in total. The summed E-state index contributed by atoms with van der Waals surface area (Å²) in [5.74, 6) is 0.910. The van der Waals surface area contributed by atoms with Gasteiger partial charge in [-0.1, -0.05) is 0 Å². The summed E-state index contributed by atoms with van der Waals surface area (Å²) in [6.45, 7) is 0. The Labute approximate surface area is 82.3 Å². The summed E-state index contributed by atoms with van der Waals surface area (Å²) in [6, 6.07) is 0. The molecular weight excluding hydrogens is 162 g/mol. The first-order valence-electron chi connectivity index (χ1n) is 4.96. The minimum atomic E-state index is 0.111. The minimum absolute atomic E-state index is 0.111. The Morgan fingerprint density at radius 1 is 0.769 bits per heavy atom. The smallest absolute Gasteiger partial charge is 0.132 e. The van der Waals surface area contributed by atoms with Crippen molar-refractivity contribution in [3.63, 3.8) is 0 Å². The van der Waals surface area contributed by atoms with E-state index in [1.807, 2.05) is 0 Å². The lowest BCUT2D eigenvalue weighted by Gasteiger charge is -2.50. The number of hydrogen-bond donors (Lipinski definition) is 0. The van der Waals surface area contributed by atoms with Crippen molar-refractivity contribution in [2.45, 2.75) is 18.6 Å². The molecular formula is C10H23N3. The van der Waals surface area contributed by atoms with Crippen LogP contribution < -0.4 is 0 Å². The Kier molecular flexibility index (Phi) is 3.00. The normalized spacial score (nSPS) is 19.2. The molecule has 1 aliphatic carbocycles. The van der Waals surface area contributed by atoms with E-state index in [4.69, 9.17) is 0 Å². The molecule has 0 spiro atoms. The summed E-state index contributed by atoms with van der Waals surface area (Å²) in [4.78, 5) is 6.97. The molecule has 1 saturated carbocycles. The third-order valence-corrected chi connectivity index (χ3v) is 3.10. The van der Waals surface area contributed by atoms with Gasteiger partial charge in [-0.15, -0.1) is 0 Å². The predicted octanol–water partition coefficient (Wildman–Crippen LogP) is 0.735. The molecule has 3 heteroatoms. The molecule has 0 bridgehead atoms. The van der Waals surface area contributed by atoms with E-state index in [1.54, 1.807) is 0 Å². The fourth-order valence-electron chi connectivity index (χ4n) is 2.77. The Morgan fingerprint density at radius 3 is 1.15 bits per heavy atom. The molecule has 0 aliphatic heterocycles. The highest BCUT2D eigenvalue weighted by Gasteiger charge is 2.50. The van der Waals surface area contributed by atoms with E-state index in [1.165, 1.54) is 12.8 Å².